The smallest absolute Gasteiger partial charge is 0.168 e. The number of rotatable bonds is 4. The number of halogens is 1. The predicted molar refractivity (Wildman–Crippen MR) is 72.6 cm³/mol. The maximum Gasteiger partial charge on any atom is 0.168 e. The Kier molecular flexibility index (Phi) is 4.34. The van der Waals surface area contributed by atoms with Crippen molar-refractivity contribution in [3.05, 3.63) is 35.6 Å². The van der Waals surface area contributed by atoms with Crippen LogP contribution in [-0.2, 0) is 20.8 Å². The van der Waals surface area contributed by atoms with E-state index in [0.29, 0.717) is 12.5 Å². The van der Waals surface area contributed by atoms with Crippen LogP contribution in [0.2, 0.25) is 0 Å². The van der Waals surface area contributed by atoms with Gasteiger partial charge in [-0.2, -0.15) is 0 Å². The van der Waals surface area contributed by atoms with E-state index in [4.69, 9.17) is 14.2 Å². The lowest BCUT2D eigenvalue weighted by Gasteiger charge is -2.35. The topological polar surface area (TPSA) is 27.7 Å². The Hall–Kier alpha value is -0.970. The number of hydrogen-bond acceptors (Lipinski definition) is 3. The summed E-state index contributed by atoms with van der Waals surface area (Å²) in [4.78, 5) is 0. The molecule has 3 nitrogen and oxygen atoms in total. The van der Waals surface area contributed by atoms with Gasteiger partial charge in [0.1, 0.15) is 5.82 Å². The molecule has 2 fully saturated rings. The van der Waals surface area contributed by atoms with Crippen LogP contribution in [0.15, 0.2) is 24.3 Å². The summed E-state index contributed by atoms with van der Waals surface area (Å²) in [5, 5.41) is 0. The van der Waals surface area contributed by atoms with Gasteiger partial charge in [0.05, 0.1) is 19.8 Å². The van der Waals surface area contributed by atoms with Crippen molar-refractivity contribution in [1.29, 1.82) is 0 Å². The van der Waals surface area contributed by atoms with Crippen LogP contribution in [0, 0.1) is 11.7 Å². The molecule has 1 spiro atoms. The molecule has 0 amide bonds. The third-order valence-electron chi connectivity index (χ3n) is 4.19. The van der Waals surface area contributed by atoms with Gasteiger partial charge in [0, 0.05) is 19.4 Å². The van der Waals surface area contributed by atoms with Crippen molar-refractivity contribution >= 4 is 0 Å². The lowest BCUT2D eigenvalue weighted by Crippen LogP contribution is -2.36. The Morgan fingerprint density at radius 3 is 2.65 bits per heavy atom. The standard InChI is InChI=1S/C16H21FO3/c17-15-3-1-2-14(10-15)12-18-11-13-4-6-16(7-5-13)19-8-9-20-16/h1-3,10,13H,4-9,11-12H2. The summed E-state index contributed by atoms with van der Waals surface area (Å²) in [5.41, 5.74) is 0.889. The Morgan fingerprint density at radius 1 is 1.20 bits per heavy atom. The zero-order chi connectivity index (χ0) is 13.8. The third-order valence-corrected chi connectivity index (χ3v) is 4.19. The Bertz CT molecular complexity index is 433. The van der Waals surface area contributed by atoms with Crippen LogP contribution in [-0.4, -0.2) is 25.6 Å². The van der Waals surface area contributed by atoms with Gasteiger partial charge in [-0.3, -0.25) is 0 Å². The molecule has 1 aliphatic heterocycles. The van der Waals surface area contributed by atoms with Gasteiger partial charge in [-0.25, -0.2) is 4.39 Å². The van der Waals surface area contributed by atoms with E-state index in [1.807, 2.05) is 6.07 Å². The average molecular weight is 280 g/mol. The van der Waals surface area contributed by atoms with Gasteiger partial charge in [-0.05, 0) is 36.5 Å². The lowest BCUT2D eigenvalue weighted by molar-refractivity contribution is -0.184. The van der Waals surface area contributed by atoms with Crippen molar-refractivity contribution < 1.29 is 18.6 Å². The first kappa shape index (κ1) is 14.0. The molecule has 2 aliphatic rings. The maximum atomic E-state index is 13.0. The van der Waals surface area contributed by atoms with E-state index in [1.165, 1.54) is 12.1 Å². The summed E-state index contributed by atoms with van der Waals surface area (Å²) in [6.45, 7) is 2.65. The molecular formula is C16H21FO3. The van der Waals surface area contributed by atoms with E-state index in [0.717, 1.165) is 51.1 Å². The molecule has 1 saturated carbocycles. The highest BCUT2D eigenvalue weighted by Gasteiger charge is 2.40. The van der Waals surface area contributed by atoms with Gasteiger partial charge in [0.25, 0.3) is 0 Å². The molecular weight excluding hydrogens is 259 g/mol. The highest BCUT2D eigenvalue weighted by atomic mass is 19.1. The van der Waals surface area contributed by atoms with E-state index >= 15 is 0 Å². The molecule has 0 atom stereocenters. The van der Waals surface area contributed by atoms with Crippen molar-refractivity contribution in [1.82, 2.24) is 0 Å². The van der Waals surface area contributed by atoms with Crippen LogP contribution >= 0.6 is 0 Å². The molecule has 0 aromatic heterocycles. The summed E-state index contributed by atoms with van der Waals surface area (Å²) < 4.78 is 30.2. The van der Waals surface area contributed by atoms with Crippen LogP contribution in [0.3, 0.4) is 0 Å². The predicted octanol–water partition coefficient (Wildman–Crippen LogP) is 3.28. The van der Waals surface area contributed by atoms with Gasteiger partial charge >= 0.3 is 0 Å². The van der Waals surface area contributed by atoms with Crippen LogP contribution in [0.25, 0.3) is 0 Å². The monoisotopic (exact) mass is 280 g/mol. The maximum absolute atomic E-state index is 13.0. The first-order valence-electron chi connectivity index (χ1n) is 7.36. The molecule has 0 bridgehead atoms. The van der Waals surface area contributed by atoms with E-state index in [9.17, 15) is 4.39 Å². The Morgan fingerprint density at radius 2 is 1.95 bits per heavy atom. The first-order chi connectivity index (χ1) is 9.76. The van der Waals surface area contributed by atoms with Crippen LogP contribution in [0.1, 0.15) is 31.2 Å². The molecule has 4 heteroatoms. The molecule has 1 aromatic carbocycles. The molecule has 0 unspecified atom stereocenters. The Labute approximate surface area is 119 Å². The van der Waals surface area contributed by atoms with Gasteiger partial charge < -0.3 is 14.2 Å². The molecule has 1 heterocycles. The molecule has 20 heavy (non-hydrogen) atoms. The fourth-order valence-corrected chi connectivity index (χ4v) is 3.04. The fourth-order valence-electron chi connectivity index (χ4n) is 3.04. The van der Waals surface area contributed by atoms with E-state index in [-0.39, 0.29) is 11.6 Å². The van der Waals surface area contributed by atoms with E-state index < -0.39 is 0 Å². The second kappa shape index (κ2) is 6.20. The second-order valence-electron chi connectivity index (χ2n) is 5.70. The van der Waals surface area contributed by atoms with Crippen LogP contribution in [0.4, 0.5) is 4.39 Å². The molecule has 3 rings (SSSR count). The SMILES string of the molecule is Fc1cccc(COCC2CCC3(CC2)OCCO3)c1. The van der Waals surface area contributed by atoms with Crippen molar-refractivity contribution in [2.24, 2.45) is 5.92 Å². The Balaban J connectivity index is 1.39. The molecule has 0 N–H and O–H groups in total. The van der Waals surface area contributed by atoms with Crippen LogP contribution in [0.5, 0.6) is 0 Å². The number of hydrogen-bond donors (Lipinski definition) is 0. The first-order valence-corrected chi connectivity index (χ1v) is 7.36. The van der Waals surface area contributed by atoms with Crippen molar-refractivity contribution in [3.63, 3.8) is 0 Å². The highest BCUT2D eigenvalue weighted by Crippen LogP contribution is 2.38. The van der Waals surface area contributed by atoms with Gasteiger partial charge in [0.2, 0.25) is 0 Å². The molecule has 0 radical (unpaired) electrons. The highest BCUT2D eigenvalue weighted by molar-refractivity contribution is 5.15. The average Bonchev–Trinajstić information content (AvgIpc) is 2.90. The molecule has 110 valence electrons. The number of ether oxygens (including phenoxy) is 3. The molecule has 1 aliphatic carbocycles. The zero-order valence-electron chi connectivity index (χ0n) is 11.6. The summed E-state index contributed by atoms with van der Waals surface area (Å²) in [6.07, 6.45) is 4.06. The second-order valence-corrected chi connectivity index (χ2v) is 5.70. The molecule has 1 saturated heterocycles. The fraction of sp³-hybridized carbons (Fsp3) is 0.625. The largest absolute Gasteiger partial charge is 0.376 e. The summed E-state index contributed by atoms with van der Waals surface area (Å²) >= 11 is 0. The normalized spacial score (nSPS) is 22.4. The summed E-state index contributed by atoms with van der Waals surface area (Å²) in [7, 11) is 0. The lowest BCUT2D eigenvalue weighted by atomic mass is 9.85. The molecule has 1 aromatic rings. The minimum absolute atomic E-state index is 0.207. The van der Waals surface area contributed by atoms with Crippen molar-refractivity contribution in [2.45, 2.75) is 38.1 Å². The van der Waals surface area contributed by atoms with E-state index in [2.05, 4.69) is 0 Å². The summed E-state index contributed by atoms with van der Waals surface area (Å²) in [6, 6.07) is 6.58. The minimum atomic E-state index is -0.293. The van der Waals surface area contributed by atoms with E-state index in [1.54, 1.807) is 6.07 Å². The van der Waals surface area contributed by atoms with Gasteiger partial charge in [-0.15, -0.1) is 0 Å². The van der Waals surface area contributed by atoms with Gasteiger partial charge in [-0.1, -0.05) is 12.1 Å². The zero-order valence-corrected chi connectivity index (χ0v) is 11.6. The van der Waals surface area contributed by atoms with Gasteiger partial charge in [0.15, 0.2) is 5.79 Å². The minimum Gasteiger partial charge on any atom is -0.376 e. The van der Waals surface area contributed by atoms with Crippen LogP contribution < -0.4 is 0 Å². The third kappa shape index (κ3) is 3.37. The summed E-state index contributed by atoms with van der Waals surface area (Å²) in [5.74, 6) is 0.0576. The van der Waals surface area contributed by atoms with Crippen molar-refractivity contribution in [3.8, 4) is 0 Å². The van der Waals surface area contributed by atoms with Crippen molar-refractivity contribution in [2.75, 3.05) is 19.8 Å². The quantitative estimate of drug-likeness (QED) is 0.847. The number of benzene rings is 1.